The molecular formula is C26H28FN7O. The van der Waals surface area contributed by atoms with Crippen LogP contribution in [0.3, 0.4) is 0 Å². The van der Waals surface area contributed by atoms with Gasteiger partial charge in [-0.15, -0.1) is 6.58 Å². The average Bonchev–Trinajstić information content (AvgIpc) is 3.33. The summed E-state index contributed by atoms with van der Waals surface area (Å²) >= 11 is 0. The van der Waals surface area contributed by atoms with Crippen molar-refractivity contribution < 1.29 is 9.13 Å². The number of benzene rings is 2. The Morgan fingerprint density at radius 1 is 1.09 bits per heavy atom. The molecule has 1 saturated heterocycles. The van der Waals surface area contributed by atoms with Gasteiger partial charge >= 0.3 is 0 Å². The Morgan fingerprint density at radius 2 is 1.94 bits per heavy atom. The summed E-state index contributed by atoms with van der Waals surface area (Å²) in [6.07, 6.45) is 3.57. The van der Waals surface area contributed by atoms with Gasteiger partial charge in [-0.2, -0.15) is 9.97 Å². The quantitative estimate of drug-likeness (QED) is 0.311. The second-order valence-corrected chi connectivity index (χ2v) is 8.47. The number of aromatic amines is 1. The Bertz CT molecular complexity index is 1330. The highest BCUT2D eigenvalue weighted by molar-refractivity contribution is 5.82. The van der Waals surface area contributed by atoms with Crippen molar-refractivity contribution in [3.8, 4) is 11.6 Å². The van der Waals surface area contributed by atoms with Gasteiger partial charge in [-0.25, -0.2) is 4.39 Å². The van der Waals surface area contributed by atoms with Crippen LogP contribution in [0.25, 0.3) is 11.0 Å². The second-order valence-electron chi connectivity index (χ2n) is 8.47. The minimum absolute atomic E-state index is 0.277. The van der Waals surface area contributed by atoms with E-state index in [1.807, 2.05) is 36.4 Å². The van der Waals surface area contributed by atoms with Crippen molar-refractivity contribution in [1.82, 2.24) is 19.9 Å². The van der Waals surface area contributed by atoms with Crippen LogP contribution in [-0.2, 0) is 0 Å². The number of hydrogen-bond donors (Lipinski definition) is 3. The zero-order valence-corrected chi connectivity index (χ0v) is 19.6. The maximum atomic E-state index is 15.0. The predicted molar refractivity (Wildman–Crippen MR) is 138 cm³/mol. The van der Waals surface area contributed by atoms with Gasteiger partial charge < -0.3 is 30.2 Å². The van der Waals surface area contributed by atoms with Crippen molar-refractivity contribution >= 4 is 34.0 Å². The first kappa shape index (κ1) is 22.7. The molecule has 4 aromatic rings. The number of aromatic nitrogens is 3. The van der Waals surface area contributed by atoms with Crippen molar-refractivity contribution in [2.45, 2.75) is 0 Å². The highest BCUT2D eigenvalue weighted by atomic mass is 19.1. The highest BCUT2D eigenvalue weighted by Gasteiger charge is 2.18. The Hall–Kier alpha value is -4.11. The fourth-order valence-electron chi connectivity index (χ4n) is 4.04. The van der Waals surface area contributed by atoms with E-state index < -0.39 is 0 Å². The van der Waals surface area contributed by atoms with Crippen LogP contribution >= 0.6 is 0 Å². The third-order valence-electron chi connectivity index (χ3n) is 5.93. The summed E-state index contributed by atoms with van der Waals surface area (Å²) in [5, 5.41) is 7.11. The SMILES string of the molecule is C=CCNc1cccc(Oc2nc(Nc3ccc(N4CCN(C)CC4)c(F)c3)nc3[nH]ccc23)c1. The number of H-pyrrole nitrogens is 1. The van der Waals surface area contributed by atoms with E-state index in [-0.39, 0.29) is 5.82 Å². The third kappa shape index (κ3) is 5.20. The first-order valence-corrected chi connectivity index (χ1v) is 11.6. The number of ether oxygens (including phenoxy) is 1. The summed E-state index contributed by atoms with van der Waals surface area (Å²) in [5.74, 6) is 1.06. The molecule has 0 unspecified atom stereocenters. The molecule has 180 valence electrons. The van der Waals surface area contributed by atoms with Crippen LogP contribution in [0.1, 0.15) is 0 Å². The van der Waals surface area contributed by atoms with E-state index in [4.69, 9.17) is 4.74 Å². The number of hydrogen-bond acceptors (Lipinski definition) is 7. The molecule has 0 saturated carbocycles. The van der Waals surface area contributed by atoms with E-state index >= 15 is 0 Å². The average molecular weight is 474 g/mol. The van der Waals surface area contributed by atoms with Crippen molar-refractivity contribution in [2.75, 3.05) is 55.3 Å². The fraction of sp³-hybridized carbons (Fsp3) is 0.231. The second kappa shape index (κ2) is 10.0. The summed E-state index contributed by atoms with van der Waals surface area (Å²) in [6, 6.07) is 14.6. The lowest BCUT2D eigenvalue weighted by Gasteiger charge is -2.34. The molecule has 0 bridgehead atoms. The fourth-order valence-corrected chi connectivity index (χ4v) is 4.04. The van der Waals surface area contributed by atoms with E-state index in [9.17, 15) is 4.39 Å². The van der Waals surface area contributed by atoms with Crippen molar-refractivity contribution in [1.29, 1.82) is 0 Å². The summed E-state index contributed by atoms with van der Waals surface area (Å²) in [4.78, 5) is 16.5. The van der Waals surface area contributed by atoms with Crippen molar-refractivity contribution in [3.05, 3.63) is 73.2 Å². The number of anilines is 4. The molecular weight excluding hydrogens is 445 g/mol. The van der Waals surface area contributed by atoms with Gasteiger partial charge in [-0.05, 0) is 43.4 Å². The molecule has 3 heterocycles. The van der Waals surface area contributed by atoms with Crippen LogP contribution in [-0.4, -0.2) is 59.6 Å². The predicted octanol–water partition coefficient (Wildman–Crippen LogP) is 4.98. The van der Waals surface area contributed by atoms with Gasteiger partial charge in [0.05, 0.1) is 11.1 Å². The molecule has 0 amide bonds. The van der Waals surface area contributed by atoms with Crippen LogP contribution in [0.4, 0.5) is 27.4 Å². The molecule has 1 aliphatic rings. The standard InChI is InChI=1S/C26H28FN7O/c1-3-10-28-18-5-4-6-20(16-18)35-25-21-9-11-29-24(21)31-26(32-25)30-19-7-8-23(22(27)17-19)34-14-12-33(2)13-15-34/h3-9,11,16-17,28H,1,10,12-15H2,2H3,(H2,29,30,31,32). The summed E-state index contributed by atoms with van der Waals surface area (Å²) in [7, 11) is 2.08. The largest absolute Gasteiger partial charge is 0.438 e. The molecule has 1 aliphatic heterocycles. The van der Waals surface area contributed by atoms with E-state index in [1.54, 1.807) is 18.3 Å². The van der Waals surface area contributed by atoms with Gasteiger partial charge in [0.2, 0.25) is 11.8 Å². The van der Waals surface area contributed by atoms with E-state index in [0.29, 0.717) is 41.1 Å². The Kier molecular flexibility index (Phi) is 6.49. The van der Waals surface area contributed by atoms with Gasteiger partial charge in [-0.3, -0.25) is 0 Å². The third-order valence-corrected chi connectivity index (χ3v) is 5.93. The lowest BCUT2D eigenvalue weighted by molar-refractivity contribution is 0.311. The maximum Gasteiger partial charge on any atom is 0.233 e. The smallest absolute Gasteiger partial charge is 0.233 e. The van der Waals surface area contributed by atoms with Crippen molar-refractivity contribution in [3.63, 3.8) is 0 Å². The molecule has 1 fully saturated rings. The minimum atomic E-state index is -0.277. The molecule has 9 heteroatoms. The molecule has 5 rings (SSSR count). The van der Waals surface area contributed by atoms with E-state index in [2.05, 4.69) is 49.0 Å². The van der Waals surface area contributed by atoms with Crippen LogP contribution in [0.2, 0.25) is 0 Å². The number of likely N-dealkylation sites (N-methyl/N-ethyl adjacent to an activating group) is 1. The minimum Gasteiger partial charge on any atom is -0.438 e. The molecule has 2 aromatic carbocycles. The van der Waals surface area contributed by atoms with E-state index in [0.717, 1.165) is 37.3 Å². The molecule has 0 aliphatic carbocycles. The van der Waals surface area contributed by atoms with Gasteiger partial charge in [0.1, 0.15) is 17.2 Å². The van der Waals surface area contributed by atoms with Crippen LogP contribution < -0.4 is 20.3 Å². The van der Waals surface area contributed by atoms with Gasteiger partial charge in [0.25, 0.3) is 0 Å². The number of halogens is 1. The first-order valence-electron chi connectivity index (χ1n) is 11.6. The monoisotopic (exact) mass is 473 g/mol. The Labute approximate surface area is 203 Å². The number of rotatable bonds is 8. The molecule has 0 radical (unpaired) electrons. The van der Waals surface area contributed by atoms with Gasteiger partial charge in [-0.1, -0.05) is 12.1 Å². The number of piperazine rings is 1. The lowest BCUT2D eigenvalue weighted by atomic mass is 10.2. The highest BCUT2D eigenvalue weighted by Crippen LogP contribution is 2.31. The molecule has 2 aromatic heterocycles. The maximum absolute atomic E-state index is 15.0. The van der Waals surface area contributed by atoms with Crippen molar-refractivity contribution in [2.24, 2.45) is 0 Å². The normalized spacial score (nSPS) is 14.2. The summed E-state index contributed by atoms with van der Waals surface area (Å²) in [5.41, 5.74) is 2.70. The first-order chi connectivity index (χ1) is 17.1. The molecule has 35 heavy (non-hydrogen) atoms. The topological polar surface area (TPSA) is 81.3 Å². The molecule has 8 nitrogen and oxygen atoms in total. The zero-order chi connectivity index (χ0) is 24.2. The van der Waals surface area contributed by atoms with Crippen LogP contribution in [0, 0.1) is 5.82 Å². The molecule has 0 atom stereocenters. The number of nitrogens with zero attached hydrogens (tertiary/aromatic N) is 4. The number of nitrogens with one attached hydrogen (secondary N) is 3. The van der Waals surface area contributed by atoms with Crippen LogP contribution in [0.5, 0.6) is 11.6 Å². The van der Waals surface area contributed by atoms with Gasteiger partial charge in [0.15, 0.2) is 0 Å². The Balaban J connectivity index is 1.37. The van der Waals surface area contributed by atoms with Gasteiger partial charge in [0, 0.05) is 56.4 Å². The van der Waals surface area contributed by atoms with E-state index in [1.165, 1.54) is 6.07 Å². The van der Waals surface area contributed by atoms with Crippen LogP contribution in [0.15, 0.2) is 67.4 Å². The Morgan fingerprint density at radius 3 is 2.74 bits per heavy atom. The number of fused-ring (bicyclic) bond motifs is 1. The lowest BCUT2D eigenvalue weighted by Crippen LogP contribution is -2.44. The molecule has 3 N–H and O–H groups in total. The summed E-state index contributed by atoms with van der Waals surface area (Å²) < 4.78 is 21.1. The summed E-state index contributed by atoms with van der Waals surface area (Å²) in [6.45, 7) is 7.82. The zero-order valence-electron chi connectivity index (χ0n) is 19.6. The molecule has 0 spiro atoms.